The number of nitrogens with zero attached hydrogens (tertiary/aromatic N) is 1. The van der Waals surface area contributed by atoms with Gasteiger partial charge in [-0.1, -0.05) is 61.7 Å². The molecule has 0 heterocycles. The molecule has 6 heteroatoms. The molecule has 1 atom stereocenters. The Morgan fingerprint density at radius 1 is 1.16 bits per heavy atom. The van der Waals surface area contributed by atoms with Crippen LogP contribution in [0.4, 0.5) is 0 Å². The van der Waals surface area contributed by atoms with E-state index in [4.69, 9.17) is 16.3 Å². The lowest BCUT2D eigenvalue weighted by molar-refractivity contribution is -0.143. The Bertz CT molecular complexity index is 882. The molecular formula is C25H31ClN2O3. The Kier molecular flexibility index (Phi) is 8.35. The molecule has 0 aromatic heterocycles. The fraction of sp³-hybridized carbons (Fsp3) is 0.440. The Hall–Kier alpha value is -2.53. The van der Waals surface area contributed by atoms with Gasteiger partial charge in [0.25, 0.3) is 5.91 Å². The van der Waals surface area contributed by atoms with E-state index in [1.165, 1.54) is 0 Å². The molecule has 31 heavy (non-hydrogen) atoms. The monoisotopic (exact) mass is 442 g/mol. The van der Waals surface area contributed by atoms with Crippen LogP contribution in [0.2, 0.25) is 5.02 Å². The lowest BCUT2D eigenvalue weighted by atomic mass is 10.1. The van der Waals surface area contributed by atoms with Gasteiger partial charge in [0, 0.05) is 17.6 Å². The van der Waals surface area contributed by atoms with Crippen molar-refractivity contribution < 1.29 is 14.3 Å². The number of amides is 2. The van der Waals surface area contributed by atoms with Crippen LogP contribution in [0.15, 0.2) is 48.5 Å². The van der Waals surface area contributed by atoms with E-state index in [1.54, 1.807) is 23.1 Å². The second-order valence-electron chi connectivity index (χ2n) is 8.12. The topological polar surface area (TPSA) is 58.6 Å². The second-order valence-corrected chi connectivity index (χ2v) is 8.53. The van der Waals surface area contributed by atoms with Crippen molar-refractivity contribution in [2.24, 2.45) is 0 Å². The Morgan fingerprint density at radius 2 is 1.87 bits per heavy atom. The molecule has 2 aromatic carbocycles. The van der Waals surface area contributed by atoms with Crippen LogP contribution in [0, 0.1) is 6.92 Å². The van der Waals surface area contributed by atoms with Crippen LogP contribution in [0.3, 0.4) is 0 Å². The average Bonchev–Trinajstić information content (AvgIpc) is 3.28. The highest BCUT2D eigenvalue weighted by atomic mass is 35.5. The van der Waals surface area contributed by atoms with E-state index in [9.17, 15) is 9.59 Å². The van der Waals surface area contributed by atoms with E-state index in [2.05, 4.69) is 5.32 Å². The van der Waals surface area contributed by atoms with Crippen LogP contribution in [0.1, 0.15) is 50.2 Å². The highest BCUT2D eigenvalue weighted by Crippen LogP contribution is 2.22. The van der Waals surface area contributed by atoms with E-state index in [-0.39, 0.29) is 24.5 Å². The number of rotatable bonds is 9. The van der Waals surface area contributed by atoms with Gasteiger partial charge in [0.05, 0.1) is 0 Å². The maximum Gasteiger partial charge on any atom is 0.261 e. The van der Waals surface area contributed by atoms with Gasteiger partial charge in [-0.3, -0.25) is 9.59 Å². The van der Waals surface area contributed by atoms with Crippen molar-refractivity contribution in [3.05, 3.63) is 64.7 Å². The number of carbonyl (C=O) groups is 2. The number of carbonyl (C=O) groups excluding carboxylic acids is 2. The van der Waals surface area contributed by atoms with Crippen molar-refractivity contribution in [1.29, 1.82) is 0 Å². The minimum absolute atomic E-state index is 0.0824. The summed E-state index contributed by atoms with van der Waals surface area (Å²) in [6.07, 6.45) is 4.84. The SMILES string of the molecule is CCC(C(=O)NC1CCCC1)N(Cc1ccccc1)C(=O)COc1ccc(Cl)c(C)c1. The zero-order valence-electron chi connectivity index (χ0n) is 18.3. The minimum atomic E-state index is -0.538. The summed E-state index contributed by atoms with van der Waals surface area (Å²) < 4.78 is 5.75. The van der Waals surface area contributed by atoms with Gasteiger partial charge in [0.15, 0.2) is 6.61 Å². The molecule has 1 fully saturated rings. The minimum Gasteiger partial charge on any atom is -0.484 e. The molecule has 3 rings (SSSR count). The maximum absolute atomic E-state index is 13.2. The first-order chi connectivity index (χ1) is 15.0. The highest BCUT2D eigenvalue weighted by molar-refractivity contribution is 6.31. The first kappa shape index (κ1) is 23.1. The van der Waals surface area contributed by atoms with Crippen molar-refractivity contribution in [3.63, 3.8) is 0 Å². The summed E-state index contributed by atoms with van der Waals surface area (Å²) in [5.74, 6) is 0.282. The largest absolute Gasteiger partial charge is 0.484 e. The van der Waals surface area contributed by atoms with Gasteiger partial charge < -0.3 is 15.0 Å². The molecule has 0 saturated heterocycles. The summed E-state index contributed by atoms with van der Waals surface area (Å²) in [7, 11) is 0. The van der Waals surface area contributed by atoms with Crippen LogP contribution in [0.5, 0.6) is 5.75 Å². The van der Waals surface area contributed by atoms with Crippen LogP contribution < -0.4 is 10.1 Å². The average molecular weight is 443 g/mol. The number of halogens is 1. The molecule has 5 nitrogen and oxygen atoms in total. The molecule has 1 N–H and O–H groups in total. The van der Waals surface area contributed by atoms with Gasteiger partial charge in [-0.25, -0.2) is 0 Å². The molecule has 0 spiro atoms. The van der Waals surface area contributed by atoms with Gasteiger partial charge in [-0.15, -0.1) is 0 Å². The standard InChI is InChI=1S/C25H31ClN2O3/c1-3-23(25(30)27-20-11-7-8-12-20)28(16-19-9-5-4-6-10-19)24(29)17-31-21-13-14-22(26)18(2)15-21/h4-6,9-10,13-15,20,23H,3,7-8,11-12,16-17H2,1-2H3,(H,27,30). The van der Waals surface area contributed by atoms with Gasteiger partial charge in [-0.05, 0) is 55.5 Å². The number of ether oxygens (including phenoxy) is 1. The molecule has 0 bridgehead atoms. The van der Waals surface area contributed by atoms with Crippen LogP contribution in [-0.2, 0) is 16.1 Å². The first-order valence-corrected chi connectivity index (χ1v) is 11.4. The summed E-state index contributed by atoms with van der Waals surface area (Å²) >= 11 is 6.07. The van der Waals surface area contributed by atoms with Crippen LogP contribution in [-0.4, -0.2) is 35.4 Å². The van der Waals surface area contributed by atoms with Gasteiger partial charge >= 0.3 is 0 Å². The maximum atomic E-state index is 13.2. The number of nitrogens with one attached hydrogen (secondary N) is 1. The summed E-state index contributed by atoms with van der Waals surface area (Å²) in [5.41, 5.74) is 1.86. The molecule has 0 aliphatic heterocycles. The van der Waals surface area contributed by atoms with E-state index in [0.29, 0.717) is 23.7 Å². The Morgan fingerprint density at radius 3 is 2.52 bits per heavy atom. The molecule has 2 amide bonds. The molecule has 2 aromatic rings. The predicted octanol–water partition coefficient (Wildman–Crippen LogP) is 4.89. The quantitative estimate of drug-likeness (QED) is 0.601. The molecular weight excluding hydrogens is 412 g/mol. The number of benzene rings is 2. The first-order valence-electron chi connectivity index (χ1n) is 11.0. The molecule has 166 valence electrons. The molecule has 0 radical (unpaired) electrons. The van der Waals surface area contributed by atoms with Crippen molar-refractivity contribution >= 4 is 23.4 Å². The molecule has 1 saturated carbocycles. The molecule has 1 unspecified atom stereocenters. The fourth-order valence-corrected chi connectivity index (χ4v) is 4.12. The molecule has 1 aliphatic carbocycles. The van der Waals surface area contributed by atoms with Gasteiger partial charge in [0.1, 0.15) is 11.8 Å². The third kappa shape index (κ3) is 6.47. The Balaban J connectivity index is 1.73. The smallest absolute Gasteiger partial charge is 0.261 e. The normalized spacial score (nSPS) is 14.8. The van der Waals surface area contributed by atoms with E-state index >= 15 is 0 Å². The van der Waals surface area contributed by atoms with E-state index < -0.39 is 6.04 Å². The summed E-state index contributed by atoms with van der Waals surface area (Å²) in [5, 5.41) is 3.80. The number of aryl methyl sites for hydroxylation is 1. The highest BCUT2D eigenvalue weighted by Gasteiger charge is 2.30. The van der Waals surface area contributed by atoms with E-state index in [1.807, 2.05) is 44.2 Å². The third-order valence-electron chi connectivity index (χ3n) is 5.77. The Labute approximate surface area is 189 Å². The summed E-state index contributed by atoms with van der Waals surface area (Å²) in [6, 6.07) is 14.7. The van der Waals surface area contributed by atoms with Gasteiger partial charge in [-0.2, -0.15) is 0 Å². The van der Waals surface area contributed by atoms with Crippen molar-refractivity contribution in [1.82, 2.24) is 10.2 Å². The second kappa shape index (κ2) is 11.2. The lowest BCUT2D eigenvalue weighted by Gasteiger charge is -2.31. The van der Waals surface area contributed by atoms with Crippen molar-refractivity contribution in [3.8, 4) is 5.75 Å². The fourth-order valence-electron chi connectivity index (χ4n) is 4.00. The number of hydrogen-bond donors (Lipinski definition) is 1. The van der Waals surface area contributed by atoms with Crippen LogP contribution in [0.25, 0.3) is 0 Å². The lowest BCUT2D eigenvalue weighted by Crippen LogP contribution is -2.52. The predicted molar refractivity (Wildman–Crippen MR) is 123 cm³/mol. The zero-order valence-corrected chi connectivity index (χ0v) is 19.0. The third-order valence-corrected chi connectivity index (χ3v) is 6.20. The summed E-state index contributed by atoms with van der Waals surface area (Å²) in [6.45, 7) is 4.05. The van der Waals surface area contributed by atoms with Crippen molar-refractivity contribution in [2.45, 2.75) is 64.6 Å². The van der Waals surface area contributed by atoms with Gasteiger partial charge in [0.2, 0.25) is 5.91 Å². The molecule has 1 aliphatic rings. The van der Waals surface area contributed by atoms with Crippen LogP contribution >= 0.6 is 11.6 Å². The summed E-state index contributed by atoms with van der Waals surface area (Å²) in [4.78, 5) is 27.9. The number of hydrogen-bond acceptors (Lipinski definition) is 3. The van der Waals surface area contributed by atoms with E-state index in [0.717, 1.165) is 36.8 Å². The van der Waals surface area contributed by atoms with Crippen molar-refractivity contribution in [2.75, 3.05) is 6.61 Å². The zero-order chi connectivity index (χ0) is 22.2.